The SMILES string of the molecule is CN(C)c1ccc(-c2ccn3c(c2)cc2c4ccccc4nc(-c4ccc(CO)cc4)c23)cc1. The number of aliphatic hydroxyl groups excluding tert-OH is 1. The number of para-hydroxylation sites is 1. The first-order chi connectivity index (χ1) is 16.6. The Balaban J connectivity index is 1.59. The van der Waals surface area contributed by atoms with Gasteiger partial charge in [-0.15, -0.1) is 0 Å². The Morgan fingerprint density at radius 2 is 1.50 bits per heavy atom. The van der Waals surface area contributed by atoms with Crippen molar-refractivity contribution in [3.63, 3.8) is 0 Å². The molecule has 0 aliphatic rings. The van der Waals surface area contributed by atoms with Gasteiger partial charge in [-0.05, 0) is 53.1 Å². The maximum absolute atomic E-state index is 9.46. The molecule has 0 radical (unpaired) electrons. The summed E-state index contributed by atoms with van der Waals surface area (Å²) in [7, 11) is 4.11. The molecule has 6 aromatic rings. The van der Waals surface area contributed by atoms with Crippen molar-refractivity contribution in [1.82, 2.24) is 9.38 Å². The summed E-state index contributed by atoms with van der Waals surface area (Å²) in [6, 6.07) is 31.7. The lowest BCUT2D eigenvalue weighted by atomic mass is 10.0. The van der Waals surface area contributed by atoms with Crippen LogP contribution in [-0.2, 0) is 6.61 Å². The fourth-order valence-electron chi connectivity index (χ4n) is 4.70. The van der Waals surface area contributed by atoms with E-state index in [1.165, 1.54) is 22.2 Å². The van der Waals surface area contributed by atoms with Crippen LogP contribution in [0.2, 0.25) is 0 Å². The number of aliphatic hydroxyl groups is 1. The highest BCUT2D eigenvalue weighted by molar-refractivity contribution is 6.12. The molecule has 0 fully saturated rings. The van der Waals surface area contributed by atoms with Crippen LogP contribution in [0.15, 0.2) is 97.2 Å². The van der Waals surface area contributed by atoms with Crippen LogP contribution in [0, 0.1) is 0 Å². The lowest BCUT2D eigenvalue weighted by Crippen LogP contribution is -2.07. The number of aromatic nitrogens is 2. The van der Waals surface area contributed by atoms with Gasteiger partial charge in [0.15, 0.2) is 0 Å². The minimum Gasteiger partial charge on any atom is -0.392 e. The van der Waals surface area contributed by atoms with Crippen LogP contribution in [0.4, 0.5) is 5.69 Å². The van der Waals surface area contributed by atoms with Gasteiger partial charge in [0.25, 0.3) is 0 Å². The molecular weight excluding hydrogens is 418 g/mol. The quantitative estimate of drug-likeness (QED) is 0.337. The van der Waals surface area contributed by atoms with Gasteiger partial charge < -0.3 is 14.4 Å². The van der Waals surface area contributed by atoms with Crippen LogP contribution in [0.25, 0.3) is 49.7 Å². The number of pyridine rings is 2. The van der Waals surface area contributed by atoms with E-state index in [0.29, 0.717) is 0 Å². The van der Waals surface area contributed by atoms with E-state index in [4.69, 9.17) is 4.98 Å². The summed E-state index contributed by atoms with van der Waals surface area (Å²) in [6.07, 6.45) is 2.15. The Morgan fingerprint density at radius 3 is 2.24 bits per heavy atom. The Kier molecular flexibility index (Phi) is 4.82. The number of hydrogen-bond donors (Lipinski definition) is 1. The van der Waals surface area contributed by atoms with Crippen LogP contribution in [0.3, 0.4) is 0 Å². The molecule has 6 rings (SSSR count). The first kappa shape index (κ1) is 20.5. The summed E-state index contributed by atoms with van der Waals surface area (Å²) in [4.78, 5) is 7.18. The Labute approximate surface area is 198 Å². The minimum absolute atomic E-state index is 0.0349. The number of anilines is 1. The Bertz CT molecular complexity index is 1650. The molecule has 0 saturated heterocycles. The van der Waals surface area contributed by atoms with E-state index >= 15 is 0 Å². The van der Waals surface area contributed by atoms with Gasteiger partial charge in [0, 0.05) is 47.8 Å². The lowest BCUT2D eigenvalue weighted by molar-refractivity contribution is 0.282. The molecule has 0 bridgehead atoms. The molecule has 0 atom stereocenters. The molecule has 4 nitrogen and oxygen atoms in total. The fourth-order valence-corrected chi connectivity index (χ4v) is 4.70. The van der Waals surface area contributed by atoms with Gasteiger partial charge in [0.2, 0.25) is 0 Å². The molecule has 0 aliphatic heterocycles. The molecular formula is C30H25N3O. The van der Waals surface area contributed by atoms with Gasteiger partial charge in [-0.2, -0.15) is 0 Å². The highest BCUT2D eigenvalue weighted by Crippen LogP contribution is 2.36. The van der Waals surface area contributed by atoms with E-state index < -0.39 is 0 Å². The van der Waals surface area contributed by atoms with E-state index in [2.05, 4.69) is 90.3 Å². The molecule has 0 unspecified atom stereocenters. The number of hydrogen-bond acceptors (Lipinski definition) is 3. The van der Waals surface area contributed by atoms with E-state index in [0.717, 1.165) is 38.8 Å². The van der Waals surface area contributed by atoms with E-state index in [1.807, 2.05) is 30.3 Å². The van der Waals surface area contributed by atoms with Crippen molar-refractivity contribution in [1.29, 1.82) is 0 Å². The number of nitrogens with zero attached hydrogens (tertiary/aromatic N) is 3. The number of fused-ring (bicyclic) bond motifs is 5. The molecule has 0 amide bonds. The highest BCUT2D eigenvalue weighted by atomic mass is 16.3. The monoisotopic (exact) mass is 443 g/mol. The second-order valence-corrected chi connectivity index (χ2v) is 8.89. The van der Waals surface area contributed by atoms with Crippen LogP contribution in [-0.4, -0.2) is 28.6 Å². The third kappa shape index (κ3) is 3.31. The lowest BCUT2D eigenvalue weighted by Gasteiger charge is -2.13. The second kappa shape index (κ2) is 8.01. The van der Waals surface area contributed by atoms with Crippen molar-refractivity contribution < 1.29 is 5.11 Å². The van der Waals surface area contributed by atoms with Crippen molar-refractivity contribution in [3.05, 3.63) is 103 Å². The number of benzene rings is 3. The van der Waals surface area contributed by atoms with Crippen LogP contribution in [0.1, 0.15) is 5.56 Å². The smallest absolute Gasteiger partial charge is 0.0956 e. The predicted molar refractivity (Wildman–Crippen MR) is 141 cm³/mol. The average molecular weight is 444 g/mol. The molecule has 3 aromatic carbocycles. The van der Waals surface area contributed by atoms with Crippen molar-refractivity contribution in [3.8, 4) is 22.4 Å². The largest absolute Gasteiger partial charge is 0.392 e. The van der Waals surface area contributed by atoms with E-state index in [9.17, 15) is 5.11 Å². The van der Waals surface area contributed by atoms with Crippen LogP contribution >= 0.6 is 0 Å². The van der Waals surface area contributed by atoms with Gasteiger partial charge >= 0.3 is 0 Å². The van der Waals surface area contributed by atoms with Crippen molar-refractivity contribution >= 4 is 33.0 Å². The maximum atomic E-state index is 9.46. The predicted octanol–water partition coefficient (Wildman–Crippen LogP) is 6.53. The summed E-state index contributed by atoms with van der Waals surface area (Å²) < 4.78 is 2.24. The molecule has 0 spiro atoms. The molecule has 3 aromatic heterocycles. The van der Waals surface area contributed by atoms with Crippen LogP contribution in [0.5, 0.6) is 0 Å². The van der Waals surface area contributed by atoms with Crippen molar-refractivity contribution in [2.45, 2.75) is 6.61 Å². The molecule has 34 heavy (non-hydrogen) atoms. The van der Waals surface area contributed by atoms with Crippen molar-refractivity contribution in [2.24, 2.45) is 0 Å². The van der Waals surface area contributed by atoms with Gasteiger partial charge in [0.05, 0.1) is 23.3 Å². The molecule has 166 valence electrons. The van der Waals surface area contributed by atoms with E-state index in [1.54, 1.807) is 0 Å². The molecule has 1 N–H and O–H groups in total. The van der Waals surface area contributed by atoms with Gasteiger partial charge in [-0.3, -0.25) is 0 Å². The van der Waals surface area contributed by atoms with E-state index in [-0.39, 0.29) is 6.61 Å². The van der Waals surface area contributed by atoms with Gasteiger partial charge in [-0.1, -0.05) is 54.6 Å². The van der Waals surface area contributed by atoms with Crippen LogP contribution < -0.4 is 4.90 Å². The van der Waals surface area contributed by atoms with Crippen molar-refractivity contribution in [2.75, 3.05) is 19.0 Å². The van der Waals surface area contributed by atoms with Gasteiger partial charge in [0.1, 0.15) is 0 Å². The minimum atomic E-state index is 0.0349. The molecule has 4 heteroatoms. The Hall–Kier alpha value is -4.15. The Morgan fingerprint density at radius 1 is 0.765 bits per heavy atom. The zero-order chi connectivity index (χ0) is 23.2. The number of rotatable bonds is 4. The second-order valence-electron chi connectivity index (χ2n) is 8.89. The average Bonchev–Trinajstić information content (AvgIpc) is 3.27. The topological polar surface area (TPSA) is 40.8 Å². The van der Waals surface area contributed by atoms with Gasteiger partial charge in [-0.25, -0.2) is 4.98 Å². The summed E-state index contributed by atoms with van der Waals surface area (Å²) in [5, 5.41) is 11.8. The highest BCUT2D eigenvalue weighted by Gasteiger charge is 2.15. The normalized spacial score (nSPS) is 11.5. The molecule has 0 aliphatic carbocycles. The summed E-state index contributed by atoms with van der Waals surface area (Å²) in [5.74, 6) is 0. The zero-order valence-electron chi connectivity index (χ0n) is 19.2. The summed E-state index contributed by atoms with van der Waals surface area (Å²) in [6.45, 7) is 0.0349. The third-order valence-corrected chi connectivity index (χ3v) is 6.55. The molecule has 3 heterocycles. The maximum Gasteiger partial charge on any atom is 0.0956 e. The first-order valence-electron chi connectivity index (χ1n) is 11.4. The molecule has 0 saturated carbocycles. The standard InChI is InChI=1S/C30H25N3O/c1-32(2)24-13-11-21(12-14-24)23-15-16-33-25(17-23)18-27-26-5-3-4-6-28(26)31-29(30(27)33)22-9-7-20(19-34)8-10-22/h3-18,34H,19H2,1-2H3. The fraction of sp³-hybridized carbons (Fsp3) is 0.100. The first-order valence-corrected chi connectivity index (χ1v) is 11.4. The summed E-state index contributed by atoms with van der Waals surface area (Å²) in [5.41, 5.74) is 9.66. The zero-order valence-corrected chi connectivity index (χ0v) is 19.2. The third-order valence-electron chi connectivity index (χ3n) is 6.55. The summed E-state index contributed by atoms with van der Waals surface area (Å²) >= 11 is 0.